The van der Waals surface area contributed by atoms with Crippen LogP contribution in [0.1, 0.15) is 40.0 Å². The summed E-state index contributed by atoms with van der Waals surface area (Å²) in [7, 11) is 0. The van der Waals surface area contributed by atoms with E-state index in [0.29, 0.717) is 19.0 Å². The van der Waals surface area contributed by atoms with Gasteiger partial charge >= 0.3 is 6.03 Å². The lowest BCUT2D eigenvalue weighted by atomic mass is 9.88. The predicted octanol–water partition coefficient (Wildman–Crippen LogP) is 1.37. The van der Waals surface area contributed by atoms with Gasteiger partial charge in [0.25, 0.3) is 0 Å². The lowest BCUT2D eigenvalue weighted by molar-refractivity contribution is -0.139. The van der Waals surface area contributed by atoms with Crippen LogP contribution in [-0.2, 0) is 9.53 Å². The second kappa shape index (κ2) is 9.15. The number of amides is 3. The molecule has 3 amide bonds. The number of likely N-dealkylation sites (tertiary alicyclic amines) is 2. The van der Waals surface area contributed by atoms with Gasteiger partial charge in [-0.2, -0.15) is 0 Å². The van der Waals surface area contributed by atoms with Gasteiger partial charge in [-0.25, -0.2) is 4.79 Å². The van der Waals surface area contributed by atoms with Crippen molar-refractivity contribution < 1.29 is 14.3 Å². The van der Waals surface area contributed by atoms with Crippen LogP contribution in [0.3, 0.4) is 0 Å². The van der Waals surface area contributed by atoms with Crippen LogP contribution in [0.2, 0.25) is 0 Å². The molecule has 3 fully saturated rings. The Labute approximate surface area is 173 Å². The molecule has 8 nitrogen and oxygen atoms in total. The zero-order valence-corrected chi connectivity index (χ0v) is 17.9. The Kier molecular flexibility index (Phi) is 6.82. The van der Waals surface area contributed by atoms with E-state index in [1.165, 1.54) is 0 Å². The highest BCUT2D eigenvalue weighted by Gasteiger charge is 2.37. The lowest BCUT2D eigenvalue weighted by Crippen LogP contribution is -2.62. The molecular weight excluding hydrogens is 370 g/mol. The van der Waals surface area contributed by atoms with E-state index in [2.05, 4.69) is 31.1 Å². The average molecular weight is 406 g/mol. The first-order chi connectivity index (χ1) is 13.8. The van der Waals surface area contributed by atoms with Crippen LogP contribution in [0, 0.1) is 11.3 Å². The molecule has 0 aliphatic carbocycles. The second-order valence-electron chi connectivity index (χ2n) is 9.34. The first-order valence-corrected chi connectivity index (χ1v) is 10.6. The summed E-state index contributed by atoms with van der Waals surface area (Å²) in [5.41, 5.74) is 6.74. The number of nitrogens with zero attached hydrogens (tertiary/aromatic N) is 3. The topological polar surface area (TPSA) is 100 Å². The minimum Gasteiger partial charge on any atom is -0.404 e. The van der Waals surface area contributed by atoms with Crippen molar-refractivity contribution in [3.63, 3.8) is 0 Å². The number of nitrogens with one attached hydrogen (secondary N) is 1. The highest BCUT2D eigenvalue weighted by Crippen LogP contribution is 2.24. The molecule has 8 heteroatoms. The Morgan fingerprint density at radius 2 is 1.93 bits per heavy atom. The van der Waals surface area contributed by atoms with Crippen LogP contribution in [-0.4, -0.2) is 79.4 Å². The summed E-state index contributed by atoms with van der Waals surface area (Å²) in [4.78, 5) is 32.9. The molecule has 3 N–H and O–H groups in total. The number of hydrogen-bond donors (Lipinski definition) is 2. The standard InChI is InChI=1S/C21H35N5O3/c1-21(2,3)16(10-22)12-23-11-15-4-7-25(8-5-15)20(28)26-9-6-18-17(13-26)24-19(27)14-29-18/h10,12,15,17-18H,4-9,11,13-14,22H2,1-3H3,(H,24,27)/t17-,18?/m1/s1. The minimum atomic E-state index is -0.0963. The van der Waals surface area contributed by atoms with E-state index in [4.69, 9.17) is 10.5 Å². The summed E-state index contributed by atoms with van der Waals surface area (Å²) in [6.45, 7) is 9.98. The van der Waals surface area contributed by atoms with Gasteiger partial charge in [-0.1, -0.05) is 20.8 Å². The quantitative estimate of drug-likeness (QED) is 0.693. The number of urea groups is 1. The van der Waals surface area contributed by atoms with E-state index in [1.807, 2.05) is 16.0 Å². The van der Waals surface area contributed by atoms with Gasteiger partial charge in [-0.05, 0) is 42.4 Å². The van der Waals surface area contributed by atoms with Crippen molar-refractivity contribution in [2.75, 3.05) is 39.3 Å². The number of rotatable bonds is 3. The van der Waals surface area contributed by atoms with Crippen LogP contribution in [0.5, 0.6) is 0 Å². The van der Waals surface area contributed by atoms with Gasteiger partial charge < -0.3 is 25.6 Å². The number of morpholine rings is 1. The summed E-state index contributed by atoms with van der Waals surface area (Å²) in [5.74, 6) is 0.395. The molecule has 1 unspecified atom stereocenters. The third-order valence-electron chi connectivity index (χ3n) is 6.12. The van der Waals surface area contributed by atoms with E-state index in [-0.39, 0.29) is 36.1 Å². The predicted molar refractivity (Wildman–Crippen MR) is 113 cm³/mol. The molecule has 2 atom stereocenters. The van der Waals surface area contributed by atoms with Gasteiger partial charge in [0.15, 0.2) is 0 Å². The van der Waals surface area contributed by atoms with Crippen LogP contribution in [0.25, 0.3) is 0 Å². The van der Waals surface area contributed by atoms with Crippen LogP contribution in [0.4, 0.5) is 4.79 Å². The number of carbonyl (C=O) groups excluding carboxylic acids is 2. The molecule has 29 heavy (non-hydrogen) atoms. The maximum Gasteiger partial charge on any atom is 0.320 e. The molecule has 0 aromatic carbocycles. The second-order valence-corrected chi connectivity index (χ2v) is 9.34. The molecule has 3 rings (SSSR count). The van der Waals surface area contributed by atoms with Gasteiger partial charge in [0.05, 0.1) is 12.1 Å². The molecule has 0 aromatic rings. The van der Waals surface area contributed by atoms with Crippen molar-refractivity contribution in [2.45, 2.75) is 52.2 Å². The highest BCUT2D eigenvalue weighted by molar-refractivity contribution is 5.80. The van der Waals surface area contributed by atoms with E-state index < -0.39 is 0 Å². The molecular formula is C21H35N5O3. The lowest BCUT2D eigenvalue weighted by Gasteiger charge is -2.43. The number of nitrogens with two attached hydrogens (primary N) is 1. The van der Waals surface area contributed by atoms with Crippen molar-refractivity contribution in [3.8, 4) is 0 Å². The molecule has 0 bridgehead atoms. The first kappa shape index (κ1) is 21.6. The molecule has 162 valence electrons. The maximum absolute atomic E-state index is 12.9. The SMILES string of the molecule is CC(C)(C)C(C=NCC1CCN(C(=O)N2CCC3OCC(=O)N[C@@H]3C2)CC1)=CN. The number of fused-ring (bicyclic) bond motifs is 1. The number of carbonyl (C=O) groups is 2. The largest absolute Gasteiger partial charge is 0.404 e. The number of piperidine rings is 2. The molecule has 3 aliphatic heterocycles. The Hall–Kier alpha value is -2.09. The zero-order chi connectivity index (χ0) is 21.0. The molecule has 0 spiro atoms. The van der Waals surface area contributed by atoms with Gasteiger partial charge in [0, 0.05) is 38.9 Å². The minimum absolute atomic E-state index is 0.00960. The summed E-state index contributed by atoms with van der Waals surface area (Å²) >= 11 is 0. The Balaban J connectivity index is 1.44. The third kappa shape index (κ3) is 5.50. The normalized spacial score (nSPS) is 27.1. The Morgan fingerprint density at radius 1 is 1.24 bits per heavy atom. The Bertz CT molecular complexity index is 662. The molecule has 3 aliphatic rings. The van der Waals surface area contributed by atoms with Crippen LogP contribution >= 0.6 is 0 Å². The van der Waals surface area contributed by atoms with Crippen LogP contribution in [0.15, 0.2) is 16.8 Å². The molecule has 0 saturated carbocycles. The fourth-order valence-corrected chi connectivity index (χ4v) is 4.17. The van der Waals surface area contributed by atoms with Gasteiger partial charge in [0.1, 0.15) is 6.61 Å². The average Bonchev–Trinajstić information content (AvgIpc) is 2.69. The summed E-state index contributed by atoms with van der Waals surface area (Å²) in [6.07, 6.45) is 6.24. The molecule has 3 heterocycles. The summed E-state index contributed by atoms with van der Waals surface area (Å²) in [6, 6.07) is -0.0141. The van der Waals surface area contributed by atoms with Gasteiger partial charge in [0.2, 0.25) is 5.91 Å². The monoisotopic (exact) mass is 405 g/mol. The Morgan fingerprint density at radius 3 is 2.59 bits per heavy atom. The molecule has 0 aromatic heterocycles. The fraction of sp³-hybridized carbons (Fsp3) is 0.762. The van der Waals surface area contributed by atoms with E-state index in [9.17, 15) is 9.59 Å². The summed E-state index contributed by atoms with van der Waals surface area (Å²) < 4.78 is 5.58. The van der Waals surface area contributed by atoms with Crippen molar-refractivity contribution in [2.24, 2.45) is 22.1 Å². The molecule has 3 saturated heterocycles. The van der Waals surface area contributed by atoms with Crippen molar-refractivity contribution in [3.05, 3.63) is 11.8 Å². The van der Waals surface area contributed by atoms with Crippen molar-refractivity contribution >= 4 is 18.2 Å². The maximum atomic E-state index is 12.9. The highest BCUT2D eigenvalue weighted by atomic mass is 16.5. The summed E-state index contributed by atoms with van der Waals surface area (Å²) in [5, 5.41) is 2.95. The van der Waals surface area contributed by atoms with Crippen LogP contribution < -0.4 is 11.1 Å². The number of aliphatic imine (C=N–C) groups is 1. The number of ether oxygens (including phenoxy) is 1. The third-order valence-corrected chi connectivity index (χ3v) is 6.12. The van der Waals surface area contributed by atoms with Gasteiger partial charge in [-0.15, -0.1) is 0 Å². The van der Waals surface area contributed by atoms with E-state index >= 15 is 0 Å². The number of allylic oxidation sites excluding steroid dienone is 1. The fourth-order valence-electron chi connectivity index (χ4n) is 4.17. The molecule has 0 radical (unpaired) electrons. The zero-order valence-electron chi connectivity index (χ0n) is 17.9. The number of hydrogen-bond acceptors (Lipinski definition) is 5. The smallest absolute Gasteiger partial charge is 0.320 e. The van der Waals surface area contributed by atoms with Crippen molar-refractivity contribution in [1.82, 2.24) is 15.1 Å². The van der Waals surface area contributed by atoms with Crippen molar-refractivity contribution in [1.29, 1.82) is 0 Å². The van der Waals surface area contributed by atoms with E-state index in [0.717, 1.165) is 44.5 Å². The first-order valence-electron chi connectivity index (χ1n) is 10.6. The van der Waals surface area contributed by atoms with E-state index in [1.54, 1.807) is 6.20 Å². The van der Waals surface area contributed by atoms with Gasteiger partial charge in [-0.3, -0.25) is 9.79 Å².